The first-order valence-corrected chi connectivity index (χ1v) is 12.0. The van der Waals surface area contributed by atoms with E-state index in [0.717, 1.165) is 36.2 Å². The summed E-state index contributed by atoms with van der Waals surface area (Å²) in [5, 5.41) is 10.1. The minimum absolute atomic E-state index is 0.319. The lowest BCUT2D eigenvalue weighted by Crippen LogP contribution is -2.29. The van der Waals surface area contributed by atoms with E-state index < -0.39 is 0 Å². The molecule has 1 aliphatic rings. The molecule has 3 heterocycles. The Morgan fingerprint density at radius 3 is 2.88 bits per heavy atom. The zero-order valence-electron chi connectivity index (χ0n) is 18.2. The number of nitrogens with zero attached hydrogens (tertiary/aromatic N) is 1. The fraction of sp³-hybridized carbons (Fsp3) is 0.269. The Morgan fingerprint density at radius 1 is 1.19 bits per heavy atom. The molecule has 5 rings (SSSR count). The average Bonchev–Trinajstić information content (AvgIpc) is 3.53. The number of fused-ring (bicyclic) bond motifs is 1. The van der Waals surface area contributed by atoms with E-state index in [1.807, 2.05) is 36.6 Å². The summed E-state index contributed by atoms with van der Waals surface area (Å²) in [6.45, 7) is 0. The third-order valence-electron chi connectivity index (χ3n) is 6.54. The molecule has 4 aromatic rings. The van der Waals surface area contributed by atoms with Gasteiger partial charge in [0.05, 0.1) is 6.26 Å². The van der Waals surface area contributed by atoms with Gasteiger partial charge in [0.25, 0.3) is 0 Å². The quantitative estimate of drug-likeness (QED) is 0.194. The highest BCUT2D eigenvalue weighted by Crippen LogP contribution is 2.38. The van der Waals surface area contributed by atoms with Crippen molar-refractivity contribution in [1.29, 1.82) is 5.41 Å². The van der Waals surface area contributed by atoms with Gasteiger partial charge in [-0.15, -0.1) is 0 Å². The van der Waals surface area contributed by atoms with Gasteiger partial charge in [0, 0.05) is 46.2 Å². The largest absolute Gasteiger partial charge is 0.462 e. The van der Waals surface area contributed by atoms with E-state index in [-0.39, 0.29) is 0 Å². The van der Waals surface area contributed by atoms with E-state index in [4.69, 9.17) is 15.6 Å². The number of hydrogen-bond acceptors (Lipinski definition) is 5. The molecule has 32 heavy (non-hydrogen) atoms. The van der Waals surface area contributed by atoms with Crippen molar-refractivity contribution in [2.45, 2.75) is 37.1 Å². The van der Waals surface area contributed by atoms with Crippen LogP contribution >= 0.6 is 11.8 Å². The number of aromatic amines is 1. The second-order valence-corrected chi connectivity index (χ2v) is 9.57. The Balaban J connectivity index is 1.24. The van der Waals surface area contributed by atoms with Crippen molar-refractivity contribution in [3.63, 3.8) is 0 Å². The molecular weight excluding hydrogens is 416 g/mol. The molecule has 1 saturated heterocycles. The standard InChI is InChI=1S/C26H28N4OS/c1-30-21(11-18-14-29-23-9-7-20(27)13-22(18)23)8-10-24(30)19-12-25(31-15-19)26(28)32-16-17-5-3-2-4-6-17/h2-7,9,12-15,21,24,28-29H,8,10-11,16,27H2,1H3/t21-,24?/m1/s1. The van der Waals surface area contributed by atoms with Crippen molar-refractivity contribution < 1.29 is 4.42 Å². The van der Waals surface area contributed by atoms with E-state index in [1.54, 1.807) is 0 Å². The number of anilines is 1. The minimum atomic E-state index is 0.319. The molecule has 164 valence electrons. The summed E-state index contributed by atoms with van der Waals surface area (Å²) in [4.78, 5) is 5.83. The molecule has 0 saturated carbocycles. The third kappa shape index (κ3) is 4.20. The summed E-state index contributed by atoms with van der Waals surface area (Å²) >= 11 is 1.51. The number of furan rings is 1. The molecule has 0 radical (unpaired) electrons. The normalized spacial score (nSPS) is 19.0. The third-order valence-corrected chi connectivity index (χ3v) is 7.51. The zero-order chi connectivity index (χ0) is 22.1. The van der Waals surface area contributed by atoms with Gasteiger partial charge in [0.2, 0.25) is 0 Å². The van der Waals surface area contributed by atoms with Crippen LogP contribution in [0.5, 0.6) is 0 Å². The van der Waals surface area contributed by atoms with E-state index in [1.165, 1.54) is 33.8 Å². The summed E-state index contributed by atoms with van der Waals surface area (Å²) in [6, 6.07) is 19.1. The van der Waals surface area contributed by atoms with Crippen molar-refractivity contribution in [2.24, 2.45) is 0 Å². The number of rotatable bonds is 6. The highest BCUT2D eigenvalue weighted by molar-refractivity contribution is 8.13. The van der Waals surface area contributed by atoms with Gasteiger partial charge in [-0.25, -0.2) is 0 Å². The van der Waals surface area contributed by atoms with Gasteiger partial charge in [-0.2, -0.15) is 0 Å². The van der Waals surface area contributed by atoms with Crippen LogP contribution in [0.2, 0.25) is 0 Å². The van der Waals surface area contributed by atoms with Crippen LogP contribution in [0, 0.1) is 5.41 Å². The Morgan fingerprint density at radius 2 is 2.03 bits per heavy atom. The Kier molecular flexibility index (Phi) is 5.81. The lowest BCUT2D eigenvalue weighted by Gasteiger charge is -2.25. The lowest BCUT2D eigenvalue weighted by atomic mass is 10.0. The highest BCUT2D eigenvalue weighted by Gasteiger charge is 2.33. The van der Waals surface area contributed by atoms with Crippen molar-refractivity contribution >= 4 is 33.4 Å². The zero-order valence-corrected chi connectivity index (χ0v) is 19.0. The molecule has 1 fully saturated rings. The van der Waals surface area contributed by atoms with E-state index in [2.05, 4.69) is 47.4 Å². The van der Waals surface area contributed by atoms with Crippen LogP contribution in [0.1, 0.15) is 41.3 Å². The molecule has 0 amide bonds. The van der Waals surface area contributed by atoms with Gasteiger partial charge >= 0.3 is 0 Å². The number of aromatic nitrogens is 1. The molecule has 2 aromatic heterocycles. The predicted molar refractivity (Wildman–Crippen MR) is 133 cm³/mol. The van der Waals surface area contributed by atoms with Gasteiger partial charge < -0.3 is 15.1 Å². The SMILES string of the molecule is CN1C(c2coc(C(=N)SCc3ccccc3)c2)CC[C@@H]1Cc1c[nH]c2ccc(N)cc12. The number of nitrogens with two attached hydrogens (primary N) is 1. The number of likely N-dealkylation sites (N-methyl/N-ethyl adjacent to an activating group) is 1. The van der Waals surface area contributed by atoms with Crippen LogP contribution in [0.15, 0.2) is 71.5 Å². The number of likely N-dealkylation sites (tertiary alicyclic amines) is 1. The maximum absolute atomic E-state index is 8.42. The lowest BCUT2D eigenvalue weighted by molar-refractivity contribution is 0.241. The Bertz CT molecular complexity index is 1230. The van der Waals surface area contributed by atoms with Gasteiger partial charge in [-0.3, -0.25) is 10.3 Å². The smallest absolute Gasteiger partial charge is 0.158 e. The van der Waals surface area contributed by atoms with Crippen molar-refractivity contribution in [3.8, 4) is 0 Å². The van der Waals surface area contributed by atoms with Gasteiger partial charge in [0.15, 0.2) is 5.76 Å². The Hall–Kier alpha value is -2.96. The van der Waals surface area contributed by atoms with Crippen LogP contribution in [0.3, 0.4) is 0 Å². The van der Waals surface area contributed by atoms with Crippen LogP contribution in [0.25, 0.3) is 10.9 Å². The first-order chi connectivity index (χ1) is 15.6. The number of nitrogen functional groups attached to an aromatic ring is 1. The first-order valence-electron chi connectivity index (χ1n) is 11.0. The van der Waals surface area contributed by atoms with Crippen molar-refractivity contribution in [2.75, 3.05) is 12.8 Å². The average molecular weight is 445 g/mol. The second kappa shape index (κ2) is 8.88. The molecule has 0 aliphatic carbocycles. The summed E-state index contributed by atoms with van der Waals surface area (Å²) in [5.41, 5.74) is 11.6. The Labute approximate surface area is 192 Å². The van der Waals surface area contributed by atoms with Crippen molar-refractivity contribution in [3.05, 3.63) is 89.5 Å². The predicted octanol–water partition coefficient (Wildman–Crippen LogP) is 5.98. The molecule has 2 aromatic carbocycles. The molecule has 4 N–H and O–H groups in total. The number of hydrogen-bond donors (Lipinski definition) is 3. The molecular formula is C26H28N4OS. The minimum Gasteiger partial charge on any atom is -0.462 e. The molecule has 0 spiro atoms. The van der Waals surface area contributed by atoms with Gasteiger partial charge in [0.1, 0.15) is 5.04 Å². The fourth-order valence-corrected chi connectivity index (χ4v) is 5.48. The van der Waals surface area contributed by atoms with Crippen LogP contribution < -0.4 is 5.73 Å². The molecule has 2 atom stereocenters. The summed E-state index contributed by atoms with van der Waals surface area (Å²) in [7, 11) is 2.20. The van der Waals surface area contributed by atoms with Crippen LogP contribution in [-0.4, -0.2) is 28.0 Å². The van der Waals surface area contributed by atoms with Crippen LogP contribution in [0.4, 0.5) is 5.69 Å². The fourth-order valence-electron chi connectivity index (χ4n) is 4.72. The summed E-state index contributed by atoms with van der Waals surface area (Å²) in [5.74, 6) is 1.43. The maximum Gasteiger partial charge on any atom is 0.158 e. The van der Waals surface area contributed by atoms with Gasteiger partial charge in [-0.05, 0) is 61.7 Å². The number of benzene rings is 2. The summed E-state index contributed by atoms with van der Waals surface area (Å²) < 4.78 is 5.80. The maximum atomic E-state index is 8.42. The molecule has 5 nitrogen and oxygen atoms in total. The van der Waals surface area contributed by atoms with E-state index in [9.17, 15) is 0 Å². The van der Waals surface area contributed by atoms with Crippen LogP contribution in [-0.2, 0) is 12.2 Å². The van der Waals surface area contributed by atoms with E-state index in [0.29, 0.717) is 22.9 Å². The number of thioether (sulfide) groups is 1. The first kappa shape index (κ1) is 20.9. The second-order valence-electron chi connectivity index (χ2n) is 8.58. The van der Waals surface area contributed by atoms with Gasteiger partial charge in [-0.1, -0.05) is 42.1 Å². The molecule has 0 bridgehead atoms. The summed E-state index contributed by atoms with van der Waals surface area (Å²) in [6.07, 6.45) is 7.17. The number of H-pyrrole nitrogens is 1. The molecule has 1 unspecified atom stereocenters. The van der Waals surface area contributed by atoms with E-state index >= 15 is 0 Å². The topological polar surface area (TPSA) is 82.0 Å². The highest BCUT2D eigenvalue weighted by atomic mass is 32.2. The molecule has 1 aliphatic heterocycles. The monoisotopic (exact) mass is 444 g/mol. The molecule has 6 heteroatoms. The van der Waals surface area contributed by atoms with Crippen molar-refractivity contribution in [1.82, 2.24) is 9.88 Å². The number of nitrogens with one attached hydrogen (secondary N) is 2.